The number of carbonyl (C=O) groups is 1. The van der Waals surface area contributed by atoms with Gasteiger partial charge in [0.1, 0.15) is 10.9 Å². The first kappa shape index (κ1) is 12.2. The van der Waals surface area contributed by atoms with Crippen LogP contribution in [0.25, 0.3) is 0 Å². The molecule has 18 heavy (non-hydrogen) atoms. The molecule has 0 aliphatic rings. The third-order valence-electron chi connectivity index (χ3n) is 2.27. The van der Waals surface area contributed by atoms with Crippen molar-refractivity contribution in [3.05, 3.63) is 47.2 Å². The lowest BCUT2D eigenvalue weighted by atomic mass is 10.1. The number of hydrogen-bond acceptors (Lipinski definition) is 4. The molecule has 0 atom stereocenters. The molecule has 0 spiro atoms. The number of pyridine rings is 1. The van der Waals surface area contributed by atoms with Crippen molar-refractivity contribution in [1.29, 1.82) is 0 Å². The van der Waals surface area contributed by atoms with E-state index in [2.05, 4.69) is 10.3 Å². The Kier molecular flexibility index (Phi) is 3.34. The summed E-state index contributed by atoms with van der Waals surface area (Å²) in [7, 11) is 0. The minimum atomic E-state index is -0.425. The van der Waals surface area contributed by atoms with Gasteiger partial charge >= 0.3 is 0 Å². The number of nitrogens with two attached hydrogens (primary N) is 1. The van der Waals surface area contributed by atoms with Gasteiger partial charge in [-0.2, -0.15) is 0 Å². The number of phenols is 1. The zero-order valence-electron chi connectivity index (χ0n) is 9.22. The third-order valence-corrected chi connectivity index (χ3v) is 2.47. The fourth-order valence-corrected chi connectivity index (χ4v) is 1.59. The van der Waals surface area contributed by atoms with E-state index in [0.717, 1.165) is 0 Å². The molecule has 1 aromatic carbocycles. The summed E-state index contributed by atoms with van der Waals surface area (Å²) in [6, 6.07) is 7.29. The predicted octanol–water partition coefficient (Wildman–Crippen LogP) is 2.28. The van der Waals surface area contributed by atoms with Crippen LogP contribution in [-0.4, -0.2) is 16.0 Å². The quantitative estimate of drug-likeness (QED) is 0.441. The molecule has 2 rings (SSSR count). The maximum absolute atomic E-state index is 11.9. The van der Waals surface area contributed by atoms with Crippen molar-refractivity contribution in [2.75, 3.05) is 11.1 Å². The van der Waals surface area contributed by atoms with Crippen LogP contribution in [0.5, 0.6) is 5.75 Å². The number of aromatic hydroxyl groups is 1. The van der Waals surface area contributed by atoms with Gasteiger partial charge in [-0.25, -0.2) is 4.98 Å². The van der Waals surface area contributed by atoms with Gasteiger partial charge in [-0.1, -0.05) is 11.6 Å². The number of nitrogens with one attached hydrogen (secondary N) is 1. The minimum absolute atomic E-state index is 0.0258. The van der Waals surface area contributed by atoms with E-state index in [1.165, 1.54) is 30.5 Å². The number of rotatable bonds is 2. The maximum atomic E-state index is 11.9. The zero-order chi connectivity index (χ0) is 13.1. The molecule has 1 amide bonds. The molecular formula is C12H10ClN3O2. The minimum Gasteiger partial charge on any atom is -0.508 e. The summed E-state index contributed by atoms with van der Waals surface area (Å²) in [5, 5.41) is 12.2. The van der Waals surface area contributed by atoms with Crippen LogP contribution in [0.3, 0.4) is 0 Å². The highest BCUT2D eigenvalue weighted by molar-refractivity contribution is 6.29. The summed E-state index contributed by atoms with van der Waals surface area (Å²) < 4.78 is 0. The number of phenolic OH excluding ortho intramolecular Hbond substituents is 1. The first-order valence-corrected chi connectivity index (χ1v) is 5.45. The molecule has 0 aliphatic heterocycles. The summed E-state index contributed by atoms with van der Waals surface area (Å²) in [4.78, 5) is 15.7. The number of nitrogens with zero attached hydrogens (tertiary/aromatic N) is 1. The highest BCUT2D eigenvalue weighted by Gasteiger charge is 2.11. The van der Waals surface area contributed by atoms with E-state index in [9.17, 15) is 9.90 Å². The molecule has 0 aliphatic carbocycles. The van der Waals surface area contributed by atoms with Gasteiger partial charge in [0.25, 0.3) is 5.91 Å². The van der Waals surface area contributed by atoms with E-state index in [-0.39, 0.29) is 22.2 Å². The topological polar surface area (TPSA) is 88.2 Å². The second-order valence-electron chi connectivity index (χ2n) is 3.59. The molecule has 0 saturated carbocycles. The Morgan fingerprint density at radius 1 is 1.33 bits per heavy atom. The molecule has 2 aromatic rings. The smallest absolute Gasteiger partial charge is 0.257 e. The van der Waals surface area contributed by atoms with Crippen molar-refractivity contribution in [2.24, 2.45) is 0 Å². The van der Waals surface area contributed by atoms with Gasteiger partial charge in [0.2, 0.25) is 0 Å². The number of benzene rings is 1. The highest BCUT2D eigenvalue weighted by Crippen LogP contribution is 2.20. The molecule has 0 saturated heterocycles. The Balaban J connectivity index is 2.24. The Bertz CT molecular complexity index is 602. The number of halogens is 1. The van der Waals surface area contributed by atoms with Gasteiger partial charge in [-0.3, -0.25) is 4.79 Å². The van der Waals surface area contributed by atoms with Gasteiger partial charge in [0.05, 0.1) is 5.56 Å². The van der Waals surface area contributed by atoms with Crippen molar-refractivity contribution in [2.45, 2.75) is 0 Å². The number of hydrogen-bond donors (Lipinski definition) is 3. The average Bonchev–Trinajstić information content (AvgIpc) is 2.32. The number of amides is 1. The summed E-state index contributed by atoms with van der Waals surface area (Å²) in [6.07, 6.45) is 1.48. The van der Waals surface area contributed by atoms with Crippen LogP contribution in [0.15, 0.2) is 36.5 Å². The van der Waals surface area contributed by atoms with Crippen molar-refractivity contribution in [3.8, 4) is 5.75 Å². The van der Waals surface area contributed by atoms with Crippen LogP contribution < -0.4 is 11.1 Å². The molecule has 4 N–H and O–H groups in total. The Morgan fingerprint density at radius 3 is 2.83 bits per heavy atom. The van der Waals surface area contributed by atoms with Crippen molar-refractivity contribution < 1.29 is 9.90 Å². The number of nitrogen functional groups attached to an aromatic ring is 1. The van der Waals surface area contributed by atoms with Crippen molar-refractivity contribution in [1.82, 2.24) is 4.98 Å². The summed E-state index contributed by atoms with van der Waals surface area (Å²) in [5.41, 5.74) is 6.65. The van der Waals surface area contributed by atoms with Gasteiger partial charge in [0, 0.05) is 17.6 Å². The molecule has 0 radical (unpaired) electrons. The van der Waals surface area contributed by atoms with Crippen LogP contribution in [0, 0.1) is 0 Å². The fraction of sp³-hybridized carbons (Fsp3) is 0. The van der Waals surface area contributed by atoms with Crippen LogP contribution >= 0.6 is 11.6 Å². The predicted molar refractivity (Wildman–Crippen MR) is 69.7 cm³/mol. The Labute approximate surface area is 108 Å². The second-order valence-corrected chi connectivity index (χ2v) is 3.98. The zero-order valence-corrected chi connectivity index (χ0v) is 9.98. The van der Waals surface area contributed by atoms with E-state index in [1.54, 1.807) is 6.07 Å². The largest absolute Gasteiger partial charge is 0.508 e. The summed E-state index contributed by atoms with van der Waals surface area (Å²) >= 11 is 5.70. The monoisotopic (exact) mass is 263 g/mol. The first-order chi connectivity index (χ1) is 8.56. The lowest BCUT2D eigenvalue weighted by molar-refractivity contribution is 0.102. The van der Waals surface area contributed by atoms with Gasteiger partial charge < -0.3 is 16.2 Å². The van der Waals surface area contributed by atoms with Crippen LogP contribution in [0.4, 0.5) is 11.4 Å². The number of aromatic nitrogens is 1. The second kappa shape index (κ2) is 4.93. The SMILES string of the molecule is Nc1ccc(O)cc1C(=O)Nc1ccnc(Cl)c1. The first-order valence-electron chi connectivity index (χ1n) is 5.07. The third kappa shape index (κ3) is 2.70. The summed E-state index contributed by atoms with van der Waals surface area (Å²) in [5.74, 6) is -0.451. The highest BCUT2D eigenvalue weighted by atomic mass is 35.5. The van der Waals surface area contributed by atoms with Crippen LogP contribution in [0.1, 0.15) is 10.4 Å². The van der Waals surface area contributed by atoms with E-state index in [1.807, 2.05) is 0 Å². The molecule has 1 heterocycles. The number of anilines is 2. The van der Waals surface area contributed by atoms with E-state index >= 15 is 0 Å². The molecular weight excluding hydrogens is 254 g/mol. The van der Waals surface area contributed by atoms with Crippen molar-refractivity contribution in [3.63, 3.8) is 0 Å². The standard InChI is InChI=1S/C12H10ClN3O2/c13-11-5-7(3-4-15-11)16-12(18)9-6-8(17)1-2-10(9)14/h1-6,17H,14H2,(H,15,16,18). The lowest BCUT2D eigenvalue weighted by Crippen LogP contribution is -2.13. The van der Waals surface area contributed by atoms with E-state index < -0.39 is 5.91 Å². The average molecular weight is 264 g/mol. The van der Waals surface area contributed by atoms with Gasteiger partial charge in [-0.15, -0.1) is 0 Å². The van der Waals surface area contributed by atoms with E-state index in [4.69, 9.17) is 17.3 Å². The number of carbonyl (C=O) groups excluding carboxylic acids is 1. The van der Waals surface area contributed by atoms with Crippen LogP contribution in [0.2, 0.25) is 5.15 Å². The van der Waals surface area contributed by atoms with Crippen molar-refractivity contribution >= 4 is 28.9 Å². The van der Waals surface area contributed by atoms with Gasteiger partial charge in [-0.05, 0) is 30.3 Å². The maximum Gasteiger partial charge on any atom is 0.257 e. The molecule has 0 bridgehead atoms. The molecule has 5 nitrogen and oxygen atoms in total. The lowest BCUT2D eigenvalue weighted by Gasteiger charge is -2.07. The molecule has 92 valence electrons. The molecule has 6 heteroatoms. The Hall–Kier alpha value is -2.27. The fourth-order valence-electron chi connectivity index (χ4n) is 1.42. The Morgan fingerprint density at radius 2 is 2.11 bits per heavy atom. The van der Waals surface area contributed by atoms with E-state index in [0.29, 0.717) is 5.69 Å². The molecule has 0 unspecified atom stereocenters. The molecule has 1 aromatic heterocycles. The molecule has 0 fully saturated rings. The summed E-state index contributed by atoms with van der Waals surface area (Å²) in [6.45, 7) is 0. The van der Waals surface area contributed by atoms with Gasteiger partial charge in [0.15, 0.2) is 0 Å². The normalized spacial score (nSPS) is 10.1. The van der Waals surface area contributed by atoms with Crippen LogP contribution in [-0.2, 0) is 0 Å².